The van der Waals surface area contributed by atoms with Crippen LogP contribution in [0.3, 0.4) is 0 Å². The topological polar surface area (TPSA) is 99.0 Å². The maximum atomic E-state index is 5.69. The first-order valence-electron chi connectivity index (χ1n) is 5.51. The van der Waals surface area contributed by atoms with Crippen molar-refractivity contribution in [1.82, 2.24) is 35.0 Å². The maximum Gasteiger partial charge on any atom is 0.153 e. The molecule has 1 atom stereocenters. The first kappa shape index (κ1) is 12.2. The molecule has 1 unspecified atom stereocenters. The Bertz CT molecular complexity index is 698. The van der Waals surface area contributed by atoms with Crippen molar-refractivity contribution in [3.05, 3.63) is 40.6 Å². The highest BCUT2D eigenvalue weighted by atomic mass is 79.9. The van der Waals surface area contributed by atoms with Gasteiger partial charge in [-0.25, -0.2) is 14.6 Å². The van der Waals surface area contributed by atoms with Gasteiger partial charge in [0.15, 0.2) is 4.60 Å². The van der Waals surface area contributed by atoms with Gasteiger partial charge in [0, 0.05) is 25.0 Å². The number of hydrogen-bond acceptors (Lipinski definition) is 6. The molecule has 0 radical (unpaired) electrons. The minimum Gasteiger partial charge on any atom is -0.271 e. The van der Waals surface area contributed by atoms with E-state index < -0.39 is 0 Å². The average molecular weight is 323 g/mol. The lowest BCUT2D eigenvalue weighted by Gasteiger charge is -2.15. The molecule has 3 heterocycles. The van der Waals surface area contributed by atoms with E-state index >= 15 is 0 Å². The number of nitrogens with two attached hydrogens (primary N) is 1. The molecule has 8 nitrogen and oxygen atoms in total. The standard InChI is InChI=1S/C10H11BrN8/c1-18-9(10(11)16-17-18)8(15-12)6-4-14-19-3-2-13-5-7(6)19/h2-5,8,15H,12H2,1H3. The number of hydrazine groups is 1. The van der Waals surface area contributed by atoms with Gasteiger partial charge in [0.05, 0.1) is 29.6 Å². The van der Waals surface area contributed by atoms with Gasteiger partial charge in [-0.1, -0.05) is 5.21 Å². The van der Waals surface area contributed by atoms with Crippen molar-refractivity contribution in [3.8, 4) is 0 Å². The fraction of sp³-hybridized carbons (Fsp3) is 0.200. The lowest BCUT2D eigenvalue weighted by molar-refractivity contribution is 0.571. The number of halogens is 1. The molecule has 0 aliphatic heterocycles. The van der Waals surface area contributed by atoms with Crippen LogP contribution in [0.4, 0.5) is 0 Å². The Kier molecular flexibility index (Phi) is 3.01. The van der Waals surface area contributed by atoms with E-state index in [-0.39, 0.29) is 6.04 Å². The molecule has 0 fully saturated rings. The number of hydrogen-bond donors (Lipinski definition) is 2. The second kappa shape index (κ2) is 4.68. The third-order valence-corrected chi connectivity index (χ3v) is 3.50. The van der Waals surface area contributed by atoms with Crippen molar-refractivity contribution in [1.29, 1.82) is 0 Å². The molecule has 0 amide bonds. The summed E-state index contributed by atoms with van der Waals surface area (Å²) in [5, 5.41) is 12.2. The van der Waals surface area contributed by atoms with Crippen LogP contribution in [0, 0.1) is 0 Å². The molecular formula is C10H11BrN8. The number of aryl methyl sites for hydroxylation is 1. The molecule has 3 N–H and O–H groups in total. The summed E-state index contributed by atoms with van der Waals surface area (Å²) < 4.78 is 4.04. The van der Waals surface area contributed by atoms with Crippen LogP contribution in [0.5, 0.6) is 0 Å². The van der Waals surface area contributed by atoms with E-state index in [1.54, 1.807) is 41.0 Å². The Morgan fingerprint density at radius 1 is 1.42 bits per heavy atom. The molecule has 0 aromatic carbocycles. The molecule has 98 valence electrons. The summed E-state index contributed by atoms with van der Waals surface area (Å²) in [6.45, 7) is 0. The summed E-state index contributed by atoms with van der Waals surface area (Å²) in [5.41, 5.74) is 5.37. The van der Waals surface area contributed by atoms with Crippen molar-refractivity contribution in [2.45, 2.75) is 6.04 Å². The third kappa shape index (κ3) is 1.91. The fourth-order valence-corrected chi connectivity index (χ4v) is 2.59. The smallest absolute Gasteiger partial charge is 0.153 e. The third-order valence-electron chi connectivity index (χ3n) is 2.93. The van der Waals surface area contributed by atoms with Crippen molar-refractivity contribution in [2.24, 2.45) is 12.9 Å². The lowest BCUT2D eigenvalue weighted by atomic mass is 10.1. The minimum absolute atomic E-state index is 0.281. The van der Waals surface area contributed by atoms with Crippen molar-refractivity contribution < 1.29 is 0 Å². The Hall–Kier alpha value is -1.84. The second-order valence-electron chi connectivity index (χ2n) is 3.99. The summed E-state index contributed by atoms with van der Waals surface area (Å²) in [5.74, 6) is 5.69. The predicted molar refractivity (Wildman–Crippen MR) is 70.9 cm³/mol. The second-order valence-corrected chi connectivity index (χ2v) is 4.75. The van der Waals surface area contributed by atoms with Gasteiger partial charge in [-0.3, -0.25) is 10.8 Å². The molecule has 3 rings (SSSR count). The molecule has 0 aliphatic carbocycles. The molecule has 3 aromatic heterocycles. The highest BCUT2D eigenvalue weighted by Crippen LogP contribution is 2.28. The van der Waals surface area contributed by atoms with Gasteiger partial charge in [-0.15, -0.1) is 5.10 Å². The lowest BCUT2D eigenvalue weighted by Crippen LogP contribution is -2.30. The maximum absolute atomic E-state index is 5.69. The molecule has 0 saturated carbocycles. The molecule has 19 heavy (non-hydrogen) atoms. The van der Waals surface area contributed by atoms with Crippen LogP contribution < -0.4 is 11.3 Å². The Balaban J connectivity index is 2.18. The summed E-state index contributed by atoms with van der Waals surface area (Å²) >= 11 is 3.38. The number of nitrogens with zero attached hydrogens (tertiary/aromatic N) is 6. The van der Waals surface area contributed by atoms with Crippen LogP contribution in [-0.2, 0) is 7.05 Å². The normalized spacial score (nSPS) is 13.0. The highest BCUT2D eigenvalue weighted by molar-refractivity contribution is 9.10. The van der Waals surface area contributed by atoms with Crippen LogP contribution in [0.2, 0.25) is 0 Å². The number of aromatic nitrogens is 6. The van der Waals surface area contributed by atoms with Crippen LogP contribution in [-0.4, -0.2) is 29.6 Å². The van der Waals surface area contributed by atoms with E-state index in [2.05, 4.69) is 41.8 Å². The zero-order valence-electron chi connectivity index (χ0n) is 10.0. The number of nitrogens with one attached hydrogen (secondary N) is 1. The summed E-state index contributed by atoms with van der Waals surface area (Å²) in [6.07, 6.45) is 6.95. The van der Waals surface area contributed by atoms with E-state index in [4.69, 9.17) is 5.84 Å². The summed E-state index contributed by atoms with van der Waals surface area (Å²) in [7, 11) is 1.81. The molecule has 3 aromatic rings. The first-order valence-corrected chi connectivity index (χ1v) is 6.30. The van der Waals surface area contributed by atoms with E-state index in [0.29, 0.717) is 4.60 Å². The van der Waals surface area contributed by atoms with Crippen molar-refractivity contribution in [3.63, 3.8) is 0 Å². The molecule has 9 heteroatoms. The predicted octanol–water partition coefficient (Wildman–Crippen LogP) is 0.173. The van der Waals surface area contributed by atoms with Gasteiger partial charge in [-0.05, 0) is 15.9 Å². The molecule has 0 bridgehead atoms. The van der Waals surface area contributed by atoms with Gasteiger partial charge in [0.2, 0.25) is 0 Å². The summed E-state index contributed by atoms with van der Waals surface area (Å²) in [4.78, 5) is 4.11. The van der Waals surface area contributed by atoms with E-state index in [1.165, 1.54) is 0 Å². The van der Waals surface area contributed by atoms with E-state index in [0.717, 1.165) is 16.8 Å². The Morgan fingerprint density at radius 3 is 2.95 bits per heavy atom. The zero-order chi connectivity index (χ0) is 13.4. The van der Waals surface area contributed by atoms with E-state index in [9.17, 15) is 0 Å². The molecular weight excluding hydrogens is 312 g/mol. The molecule has 0 saturated heterocycles. The van der Waals surface area contributed by atoms with Crippen LogP contribution >= 0.6 is 15.9 Å². The van der Waals surface area contributed by atoms with Gasteiger partial charge >= 0.3 is 0 Å². The highest BCUT2D eigenvalue weighted by Gasteiger charge is 2.24. The number of rotatable bonds is 3. The average Bonchev–Trinajstić information content (AvgIpc) is 2.98. The van der Waals surface area contributed by atoms with Gasteiger partial charge in [0.1, 0.15) is 0 Å². The Labute approximate surface area is 116 Å². The van der Waals surface area contributed by atoms with Gasteiger partial charge in [-0.2, -0.15) is 5.10 Å². The Morgan fingerprint density at radius 2 is 2.26 bits per heavy atom. The van der Waals surface area contributed by atoms with Crippen LogP contribution in [0.25, 0.3) is 5.52 Å². The molecule has 0 aliphatic rings. The fourth-order valence-electron chi connectivity index (χ4n) is 2.04. The quantitative estimate of drug-likeness (QED) is 0.527. The van der Waals surface area contributed by atoms with Crippen LogP contribution in [0.15, 0.2) is 29.4 Å². The molecule has 0 spiro atoms. The summed E-state index contributed by atoms with van der Waals surface area (Å²) in [6, 6.07) is -0.281. The first-order chi connectivity index (χ1) is 9.22. The largest absolute Gasteiger partial charge is 0.271 e. The van der Waals surface area contributed by atoms with Gasteiger partial charge in [0.25, 0.3) is 0 Å². The van der Waals surface area contributed by atoms with Crippen LogP contribution in [0.1, 0.15) is 17.3 Å². The van der Waals surface area contributed by atoms with Gasteiger partial charge < -0.3 is 0 Å². The zero-order valence-corrected chi connectivity index (χ0v) is 11.6. The minimum atomic E-state index is -0.281. The van der Waals surface area contributed by atoms with E-state index in [1.807, 2.05) is 0 Å². The van der Waals surface area contributed by atoms with Crippen molar-refractivity contribution in [2.75, 3.05) is 0 Å². The number of fused-ring (bicyclic) bond motifs is 1. The monoisotopic (exact) mass is 322 g/mol. The SMILES string of the molecule is Cn1nnc(Br)c1C(NN)c1cnn2ccncc12. The van der Waals surface area contributed by atoms with Crippen molar-refractivity contribution >= 4 is 21.4 Å².